The maximum Gasteiger partial charge on any atom is 0.0638 e. The molecule has 0 atom stereocenters. The molecule has 1 aromatic rings. The Kier molecular flexibility index (Phi) is 3.76. The first-order valence-electron chi connectivity index (χ1n) is 6.63. The Morgan fingerprint density at radius 3 is 2.12 bits per heavy atom. The van der Waals surface area contributed by atoms with Gasteiger partial charge in [0.25, 0.3) is 0 Å². The summed E-state index contributed by atoms with van der Waals surface area (Å²) in [5.74, 6) is 0. The summed E-state index contributed by atoms with van der Waals surface area (Å²) in [5.41, 5.74) is 5.70. The average Bonchev–Trinajstić information content (AvgIpc) is 2.79. The maximum atomic E-state index is 8.36. The summed E-state index contributed by atoms with van der Waals surface area (Å²) in [5, 5.41) is 9.26. The molecule has 17 heavy (non-hydrogen) atoms. The second-order valence-electron chi connectivity index (χ2n) is 5.03. The molecule has 0 radical (unpaired) electrons. The molecule has 94 valence electrons. The fraction of sp³-hybridized carbons (Fsp3) is 0.643. The van der Waals surface area contributed by atoms with Crippen LogP contribution in [-0.4, -0.2) is 4.57 Å². The molecular formula is C14H20BrN2-. The van der Waals surface area contributed by atoms with Crippen molar-refractivity contribution in [2.45, 2.75) is 58.4 Å². The highest BCUT2D eigenvalue weighted by Gasteiger charge is 2.23. The summed E-state index contributed by atoms with van der Waals surface area (Å²) < 4.78 is 2.52. The second kappa shape index (κ2) is 4.97. The van der Waals surface area contributed by atoms with Gasteiger partial charge in [-0.05, 0) is 63.0 Å². The molecule has 0 fully saturated rings. The molecule has 0 amide bonds. The minimum atomic E-state index is 0. The zero-order valence-electron chi connectivity index (χ0n) is 10.5. The first kappa shape index (κ1) is 12.9. The van der Waals surface area contributed by atoms with Gasteiger partial charge in [-0.15, -0.1) is 0 Å². The third-order valence-electron chi connectivity index (χ3n) is 4.20. The van der Waals surface area contributed by atoms with E-state index in [1.165, 1.54) is 54.6 Å². The number of hydrogen-bond donors (Lipinski definition) is 1. The number of rotatable bonds is 1. The second-order valence-corrected chi connectivity index (χ2v) is 5.03. The highest BCUT2D eigenvalue weighted by molar-refractivity contribution is 5.35. The monoisotopic (exact) mass is 295 g/mol. The van der Waals surface area contributed by atoms with Crippen molar-refractivity contribution in [3.63, 3.8) is 0 Å². The number of hydrogen-bond acceptors (Lipinski definition) is 1. The van der Waals surface area contributed by atoms with Crippen LogP contribution in [0.15, 0.2) is 0 Å². The fourth-order valence-corrected chi connectivity index (χ4v) is 3.48. The zero-order valence-corrected chi connectivity index (χ0v) is 12.1. The van der Waals surface area contributed by atoms with Gasteiger partial charge >= 0.3 is 0 Å². The number of aromatic nitrogens is 1. The number of pyridine rings is 1. The molecule has 0 aliphatic heterocycles. The lowest BCUT2D eigenvalue weighted by Crippen LogP contribution is -3.00. The van der Waals surface area contributed by atoms with E-state index in [0.29, 0.717) is 0 Å². The van der Waals surface area contributed by atoms with Gasteiger partial charge in [-0.2, -0.15) is 0 Å². The van der Waals surface area contributed by atoms with Crippen LogP contribution in [0.5, 0.6) is 0 Å². The standard InChI is InChI=1S/C14H20N2.BrH/c1-2-16-12-8-4-3-6-10(12)14(15)11-7-5-9-13(11)16;/h15H,2-9H2,1H3;1H/p-1. The van der Waals surface area contributed by atoms with Crippen LogP contribution in [0.3, 0.4) is 0 Å². The van der Waals surface area contributed by atoms with E-state index >= 15 is 0 Å². The van der Waals surface area contributed by atoms with E-state index in [0.717, 1.165) is 24.7 Å². The first-order chi connectivity index (χ1) is 7.83. The Balaban J connectivity index is 0.00000108. The van der Waals surface area contributed by atoms with Gasteiger partial charge in [0.15, 0.2) is 0 Å². The quantitative estimate of drug-likeness (QED) is 0.714. The van der Waals surface area contributed by atoms with Gasteiger partial charge in [0, 0.05) is 17.9 Å². The summed E-state index contributed by atoms with van der Waals surface area (Å²) in [7, 11) is 0. The Morgan fingerprint density at radius 1 is 0.941 bits per heavy atom. The molecule has 0 spiro atoms. The molecule has 0 saturated heterocycles. The van der Waals surface area contributed by atoms with Crippen molar-refractivity contribution in [3.8, 4) is 0 Å². The molecule has 1 N–H and O–H groups in total. The molecule has 0 aromatic carbocycles. The molecule has 0 saturated carbocycles. The summed E-state index contributed by atoms with van der Waals surface area (Å²) in [6.45, 7) is 3.34. The minimum absolute atomic E-state index is 0. The fourth-order valence-electron chi connectivity index (χ4n) is 3.48. The maximum absolute atomic E-state index is 8.36. The van der Waals surface area contributed by atoms with Crippen LogP contribution in [0.1, 0.15) is 48.7 Å². The van der Waals surface area contributed by atoms with Gasteiger partial charge in [-0.25, -0.2) is 0 Å². The first-order valence-corrected chi connectivity index (χ1v) is 6.63. The van der Waals surface area contributed by atoms with Gasteiger partial charge in [0.1, 0.15) is 0 Å². The lowest BCUT2D eigenvalue weighted by Gasteiger charge is -2.24. The van der Waals surface area contributed by atoms with Gasteiger partial charge < -0.3 is 27.0 Å². The molecule has 1 aromatic heterocycles. The van der Waals surface area contributed by atoms with Crippen molar-refractivity contribution >= 4 is 0 Å². The lowest BCUT2D eigenvalue weighted by atomic mass is 9.92. The van der Waals surface area contributed by atoms with Crippen molar-refractivity contribution in [1.82, 2.24) is 4.57 Å². The van der Waals surface area contributed by atoms with E-state index in [-0.39, 0.29) is 17.0 Å². The largest absolute Gasteiger partial charge is 1.00 e. The topological polar surface area (TPSA) is 28.8 Å². The number of halogens is 1. The van der Waals surface area contributed by atoms with E-state index in [1.807, 2.05) is 0 Å². The van der Waals surface area contributed by atoms with Crippen LogP contribution in [0, 0.1) is 5.41 Å². The lowest BCUT2D eigenvalue weighted by molar-refractivity contribution is -0.00000363. The van der Waals surface area contributed by atoms with Crippen LogP contribution in [0.25, 0.3) is 0 Å². The highest BCUT2D eigenvalue weighted by Crippen LogP contribution is 2.26. The smallest absolute Gasteiger partial charge is 0.0638 e. The predicted molar refractivity (Wildman–Crippen MR) is 64.6 cm³/mol. The van der Waals surface area contributed by atoms with Crippen molar-refractivity contribution in [2.24, 2.45) is 0 Å². The molecule has 1 heterocycles. The van der Waals surface area contributed by atoms with E-state index in [4.69, 9.17) is 5.41 Å². The summed E-state index contributed by atoms with van der Waals surface area (Å²) in [6.07, 6.45) is 8.52. The third kappa shape index (κ3) is 1.88. The van der Waals surface area contributed by atoms with Gasteiger partial charge in [-0.3, -0.25) is 0 Å². The summed E-state index contributed by atoms with van der Waals surface area (Å²) in [6, 6.07) is 0. The van der Waals surface area contributed by atoms with Crippen LogP contribution < -0.4 is 22.3 Å². The van der Waals surface area contributed by atoms with Crippen LogP contribution in [0.2, 0.25) is 0 Å². The molecule has 2 aliphatic carbocycles. The average molecular weight is 296 g/mol. The van der Waals surface area contributed by atoms with Crippen LogP contribution in [0.4, 0.5) is 0 Å². The van der Waals surface area contributed by atoms with E-state index in [2.05, 4.69) is 11.5 Å². The van der Waals surface area contributed by atoms with Crippen LogP contribution in [-0.2, 0) is 32.2 Å². The molecule has 2 aliphatic rings. The third-order valence-corrected chi connectivity index (χ3v) is 4.20. The molecule has 3 heteroatoms. The summed E-state index contributed by atoms with van der Waals surface area (Å²) in [4.78, 5) is 0. The normalized spacial score (nSPS) is 17.2. The molecular weight excluding hydrogens is 276 g/mol. The van der Waals surface area contributed by atoms with Crippen molar-refractivity contribution in [1.29, 1.82) is 5.41 Å². The molecule has 2 nitrogen and oxygen atoms in total. The van der Waals surface area contributed by atoms with Crippen LogP contribution >= 0.6 is 0 Å². The Hall–Kier alpha value is -0.570. The zero-order chi connectivity index (χ0) is 11.1. The minimum Gasteiger partial charge on any atom is -1.00 e. The number of fused-ring (bicyclic) bond motifs is 2. The van der Waals surface area contributed by atoms with Gasteiger partial charge in [0.05, 0.1) is 5.36 Å². The molecule has 0 unspecified atom stereocenters. The SMILES string of the molecule is CCn1c2c(c(=N)c3c1CCC3)CCCC2.[Br-]. The van der Waals surface area contributed by atoms with Gasteiger partial charge in [-0.1, -0.05) is 0 Å². The van der Waals surface area contributed by atoms with E-state index in [1.54, 1.807) is 0 Å². The van der Waals surface area contributed by atoms with Crippen molar-refractivity contribution in [3.05, 3.63) is 27.9 Å². The Labute approximate surface area is 113 Å². The van der Waals surface area contributed by atoms with E-state index < -0.39 is 0 Å². The highest BCUT2D eigenvalue weighted by atomic mass is 79.9. The number of nitrogens with one attached hydrogen (secondary N) is 1. The Morgan fingerprint density at radius 2 is 1.47 bits per heavy atom. The van der Waals surface area contributed by atoms with Gasteiger partial charge in [0.2, 0.25) is 0 Å². The molecule has 3 rings (SSSR count). The van der Waals surface area contributed by atoms with Crippen molar-refractivity contribution < 1.29 is 17.0 Å². The number of nitrogens with zero attached hydrogens (tertiary/aromatic N) is 1. The van der Waals surface area contributed by atoms with E-state index in [9.17, 15) is 0 Å². The summed E-state index contributed by atoms with van der Waals surface area (Å²) >= 11 is 0. The molecule has 0 bridgehead atoms. The predicted octanol–water partition coefficient (Wildman–Crippen LogP) is -0.641. The Bertz CT molecular complexity index is 488. The van der Waals surface area contributed by atoms with Crippen molar-refractivity contribution in [2.75, 3.05) is 0 Å².